The third-order valence-corrected chi connectivity index (χ3v) is 5.04. The standard InChI is InChI=1S/C18H20N4OS/c1-2-7-19-15(4-1)14-23-17-11-21(13-18-5-3-9-24-18)10-16-6-8-20-22(16)12-17/h1-9,17H,10-14H2. The molecule has 1 aliphatic rings. The number of ether oxygens (including phenoxy) is 1. The molecule has 1 unspecified atom stereocenters. The van der Waals surface area contributed by atoms with Gasteiger partial charge in [-0.2, -0.15) is 5.10 Å². The summed E-state index contributed by atoms with van der Waals surface area (Å²) >= 11 is 1.80. The van der Waals surface area contributed by atoms with Crippen LogP contribution < -0.4 is 0 Å². The highest BCUT2D eigenvalue weighted by atomic mass is 32.1. The minimum atomic E-state index is 0.105. The SMILES string of the molecule is c1ccc(COC2CN(Cc3cccs3)Cc3ccnn3C2)nc1. The van der Waals surface area contributed by atoms with Crippen molar-refractivity contribution in [3.63, 3.8) is 0 Å². The van der Waals surface area contributed by atoms with Crippen LogP contribution in [0.3, 0.4) is 0 Å². The normalized spacial score (nSPS) is 18.2. The molecule has 4 rings (SSSR count). The van der Waals surface area contributed by atoms with Crippen LogP contribution in [0.15, 0.2) is 54.2 Å². The quantitative estimate of drug-likeness (QED) is 0.716. The lowest BCUT2D eigenvalue weighted by Gasteiger charge is -2.23. The molecular formula is C18H20N4OS. The largest absolute Gasteiger partial charge is 0.369 e. The van der Waals surface area contributed by atoms with Crippen molar-refractivity contribution in [3.8, 4) is 0 Å². The monoisotopic (exact) mass is 340 g/mol. The fraction of sp³-hybridized carbons (Fsp3) is 0.333. The second-order valence-electron chi connectivity index (χ2n) is 6.01. The van der Waals surface area contributed by atoms with E-state index < -0.39 is 0 Å². The van der Waals surface area contributed by atoms with E-state index in [-0.39, 0.29) is 6.10 Å². The molecule has 0 spiro atoms. The van der Waals surface area contributed by atoms with Crippen LogP contribution in [0.5, 0.6) is 0 Å². The molecule has 3 aromatic rings. The van der Waals surface area contributed by atoms with Gasteiger partial charge in [0.1, 0.15) is 0 Å². The smallest absolute Gasteiger partial charge is 0.0903 e. The van der Waals surface area contributed by atoms with E-state index in [9.17, 15) is 0 Å². The average Bonchev–Trinajstić information content (AvgIpc) is 3.23. The summed E-state index contributed by atoms with van der Waals surface area (Å²) in [7, 11) is 0. The summed E-state index contributed by atoms with van der Waals surface area (Å²) < 4.78 is 8.23. The van der Waals surface area contributed by atoms with Crippen molar-refractivity contribution in [2.75, 3.05) is 6.54 Å². The predicted molar refractivity (Wildman–Crippen MR) is 93.5 cm³/mol. The maximum Gasteiger partial charge on any atom is 0.0903 e. The van der Waals surface area contributed by atoms with Gasteiger partial charge in [0, 0.05) is 36.9 Å². The maximum atomic E-state index is 6.16. The molecule has 124 valence electrons. The van der Waals surface area contributed by atoms with Crippen LogP contribution in [-0.2, 0) is 31.0 Å². The van der Waals surface area contributed by atoms with Crippen molar-refractivity contribution in [2.24, 2.45) is 0 Å². The molecule has 24 heavy (non-hydrogen) atoms. The number of aromatic nitrogens is 3. The van der Waals surface area contributed by atoms with E-state index in [4.69, 9.17) is 4.74 Å². The third-order valence-electron chi connectivity index (χ3n) is 4.18. The predicted octanol–water partition coefficient (Wildman–Crippen LogP) is 2.94. The minimum absolute atomic E-state index is 0.105. The van der Waals surface area contributed by atoms with E-state index in [1.54, 1.807) is 17.5 Å². The van der Waals surface area contributed by atoms with Gasteiger partial charge < -0.3 is 4.74 Å². The Morgan fingerprint density at radius 1 is 1.12 bits per heavy atom. The summed E-state index contributed by atoms with van der Waals surface area (Å²) in [5.74, 6) is 0. The summed E-state index contributed by atoms with van der Waals surface area (Å²) in [6, 6.07) is 12.3. The summed E-state index contributed by atoms with van der Waals surface area (Å²) in [5.41, 5.74) is 2.21. The number of thiophene rings is 1. The van der Waals surface area contributed by atoms with Gasteiger partial charge in [-0.25, -0.2) is 0 Å². The summed E-state index contributed by atoms with van der Waals surface area (Å²) in [5, 5.41) is 6.58. The molecule has 0 amide bonds. The van der Waals surface area contributed by atoms with Crippen LogP contribution in [0.1, 0.15) is 16.3 Å². The molecular weight excluding hydrogens is 320 g/mol. The van der Waals surface area contributed by atoms with E-state index in [0.717, 1.165) is 31.9 Å². The molecule has 0 radical (unpaired) electrons. The van der Waals surface area contributed by atoms with Crippen molar-refractivity contribution >= 4 is 11.3 Å². The summed E-state index contributed by atoms with van der Waals surface area (Å²) in [6.07, 6.45) is 3.79. The molecule has 6 heteroatoms. The van der Waals surface area contributed by atoms with Crippen molar-refractivity contribution < 1.29 is 4.74 Å². The fourth-order valence-corrected chi connectivity index (χ4v) is 3.77. The first-order chi connectivity index (χ1) is 11.9. The van der Waals surface area contributed by atoms with Crippen LogP contribution in [0.2, 0.25) is 0 Å². The van der Waals surface area contributed by atoms with E-state index in [2.05, 4.69) is 43.2 Å². The Kier molecular flexibility index (Phi) is 4.69. The van der Waals surface area contributed by atoms with Crippen molar-refractivity contribution in [3.05, 3.63) is 70.4 Å². The topological polar surface area (TPSA) is 43.2 Å². The number of hydrogen-bond donors (Lipinski definition) is 0. The molecule has 0 aromatic carbocycles. The molecule has 0 saturated heterocycles. The fourth-order valence-electron chi connectivity index (χ4n) is 3.03. The minimum Gasteiger partial charge on any atom is -0.369 e. The second-order valence-corrected chi connectivity index (χ2v) is 7.04. The van der Waals surface area contributed by atoms with Crippen molar-refractivity contribution in [2.45, 2.75) is 32.3 Å². The number of fused-ring (bicyclic) bond motifs is 1. The molecule has 0 N–H and O–H groups in total. The van der Waals surface area contributed by atoms with Gasteiger partial charge in [0.05, 0.1) is 30.6 Å². The van der Waals surface area contributed by atoms with Gasteiger partial charge in [-0.3, -0.25) is 14.6 Å². The highest BCUT2D eigenvalue weighted by molar-refractivity contribution is 7.09. The first-order valence-electron chi connectivity index (χ1n) is 8.14. The Morgan fingerprint density at radius 3 is 2.96 bits per heavy atom. The Labute approximate surface area is 145 Å². The van der Waals surface area contributed by atoms with Gasteiger partial charge >= 0.3 is 0 Å². The van der Waals surface area contributed by atoms with Crippen LogP contribution in [-0.4, -0.2) is 32.3 Å². The lowest BCUT2D eigenvalue weighted by atomic mass is 10.3. The number of rotatable bonds is 5. The van der Waals surface area contributed by atoms with E-state index in [1.807, 2.05) is 24.4 Å². The first kappa shape index (κ1) is 15.5. The molecule has 5 nitrogen and oxygen atoms in total. The van der Waals surface area contributed by atoms with Gasteiger partial charge in [-0.1, -0.05) is 12.1 Å². The zero-order chi connectivity index (χ0) is 16.2. The molecule has 0 saturated carbocycles. The lowest BCUT2D eigenvalue weighted by molar-refractivity contribution is 0.00594. The molecule has 1 aliphatic heterocycles. The van der Waals surface area contributed by atoms with Gasteiger partial charge in [0.2, 0.25) is 0 Å². The van der Waals surface area contributed by atoms with E-state index in [0.29, 0.717) is 6.61 Å². The Bertz CT molecular complexity index is 756. The van der Waals surface area contributed by atoms with Crippen LogP contribution >= 0.6 is 11.3 Å². The van der Waals surface area contributed by atoms with Gasteiger partial charge in [0.25, 0.3) is 0 Å². The Hall–Kier alpha value is -2.02. The highest BCUT2D eigenvalue weighted by Crippen LogP contribution is 2.19. The van der Waals surface area contributed by atoms with Gasteiger partial charge in [-0.15, -0.1) is 11.3 Å². The zero-order valence-electron chi connectivity index (χ0n) is 13.4. The van der Waals surface area contributed by atoms with Crippen LogP contribution in [0.4, 0.5) is 0 Å². The van der Waals surface area contributed by atoms with Crippen molar-refractivity contribution in [1.29, 1.82) is 0 Å². The highest BCUT2D eigenvalue weighted by Gasteiger charge is 2.23. The number of hydrogen-bond acceptors (Lipinski definition) is 5. The zero-order valence-corrected chi connectivity index (χ0v) is 14.2. The van der Waals surface area contributed by atoms with Crippen LogP contribution in [0.25, 0.3) is 0 Å². The van der Waals surface area contributed by atoms with Gasteiger partial charge in [0.15, 0.2) is 0 Å². The molecule has 3 aromatic heterocycles. The summed E-state index contributed by atoms with van der Waals surface area (Å²) in [6.45, 7) is 4.08. The second kappa shape index (κ2) is 7.25. The Morgan fingerprint density at radius 2 is 2.12 bits per heavy atom. The summed E-state index contributed by atoms with van der Waals surface area (Å²) in [4.78, 5) is 8.16. The van der Waals surface area contributed by atoms with Crippen molar-refractivity contribution in [1.82, 2.24) is 19.7 Å². The van der Waals surface area contributed by atoms with E-state index in [1.165, 1.54) is 10.6 Å². The van der Waals surface area contributed by atoms with E-state index >= 15 is 0 Å². The molecule has 4 heterocycles. The molecule has 1 atom stereocenters. The molecule has 0 bridgehead atoms. The first-order valence-corrected chi connectivity index (χ1v) is 9.02. The number of pyridine rings is 1. The maximum absolute atomic E-state index is 6.16. The third kappa shape index (κ3) is 3.72. The average molecular weight is 340 g/mol. The lowest BCUT2D eigenvalue weighted by Crippen LogP contribution is -2.32. The van der Waals surface area contributed by atoms with Crippen LogP contribution in [0, 0.1) is 0 Å². The molecule has 0 fully saturated rings. The Balaban J connectivity index is 1.46. The molecule has 0 aliphatic carbocycles. The number of nitrogens with zero attached hydrogens (tertiary/aromatic N) is 4. The van der Waals surface area contributed by atoms with Gasteiger partial charge in [-0.05, 0) is 29.6 Å².